The molecule has 0 saturated carbocycles. The van der Waals surface area contributed by atoms with Crippen LogP contribution in [0.2, 0.25) is 0 Å². The zero-order valence-corrected chi connectivity index (χ0v) is 14.1. The summed E-state index contributed by atoms with van der Waals surface area (Å²) in [6.45, 7) is 2.98. The molecule has 1 aliphatic rings. The number of hydrogen-bond acceptors (Lipinski definition) is 3. The first-order chi connectivity index (χ1) is 11.7. The fraction of sp³-hybridized carbons (Fsp3) is 0.350. The van der Waals surface area contributed by atoms with E-state index in [1.807, 2.05) is 30.3 Å². The summed E-state index contributed by atoms with van der Waals surface area (Å²) in [7, 11) is 1.79. The molecule has 4 nitrogen and oxygen atoms in total. The number of nitrogens with one attached hydrogen (secondary N) is 1. The van der Waals surface area contributed by atoms with Crippen molar-refractivity contribution in [3.63, 3.8) is 0 Å². The Balaban J connectivity index is 1.48. The van der Waals surface area contributed by atoms with E-state index in [-0.39, 0.29) is 6.09 Å². The number of rotatable bonds is 5. The van der Waals surface area contributed by atoms with Gasteiger partial charge in [-0.25, -0.2) is 4.79 Å². The van der Waals surface area contributed by atoms with Crippen LogP contribution in [0.25, 0.3) is 0 Å². The number of carbonyl (C=O) groups excluding carboxylic acids is 1. The van der Waals surface area contributed by atoms with Crippen LogP contribution in [0.1, 0.15) is 22.3 Å². The van der Waals surface area contributed by atoms with Crippen molar-refractivity contribution in [3.8, 4) is 0 Å². The van der Waals surface area contributed by atoms with E-state index >= 15 is 0 Å². The largest absolute Gasteiger partial charge is 0.445 e. The zero-order chi connectivity index (χ0) is 16.8. The molecule has 3 rings (SSSR count). The number of hydrogen-bond donors (Lipinski definition) is 1. The highest BCUT2D eigenvalue weighted by Gasteiger charge is 2.12. The van der Waals surface area contributed by atoms with Crippen LogP contribution in [-0.2, 0) is 30.7 Å². The Morgan fingerprint density at radius 3 is 2.79 bits per heavy atom. The van der Waals surface area contributed by atoms with Crippen molar-refractivity contribution < 1.29 is 9.53 Å². The van der Waals surface area contributed by atoms with Crippen LogP contribution in [0, 0.1) is 0 Å². The van der Waals surface area contributed by atoms with Crippen molar-refractivity contribution in [2.24, 2.45) is 0 Å². The molecular formula is C20H24N2O2. The highest BCUT2D eigenvalue weighted by molar-refractivity contribution is 5.67. The predicted molar refractivity (Wildman–Crippen MR) is 94.8 cm³/mol. The second kappa shape index (κ2) is 7.97. The van der Waals surface area contributed by atoms with Crippen molar-refractivity contribution in [1.82, 2.24) is 10.2 Å². The van der Waals surface area contributed by atoms with Crippen LogP contribution in [0.5, 0.6) is 0 Å². The molecule has 2 aromatic carbocycles. The molecule has 2 aromatic rings. The molecule has 0 unspecified atom stereocenters. The van der Waals surface area contributed by atoms with E-state index in [1.54, 1.807) is 11.9 Å². The number of nitrogens with zero attached hydrogens (tertiary/aromatic N) is 1. The van der Waals surface area contributed by atoms with E-state index in [4.69, 9.17) is 4.74 Å². The van der Waals surface area contributed by atoms with Gasteiger partial charge in [-0.15, -0.1) is 0 Å². The average Bonchev–Trinajstić information content (AvgIpc) is 2.64. The quantitative estimate of drug-likeness (QED) is 0.919. The summed E-state index contributed by atoms with van der Waals surface area (Å²) >= 11 is 0. The van der Waals surface area contributed by atoms with Gasteiger partial charge in [0.15, 0.2) is 0 Å². The van der Waals surface area contributed by atoms with Gasteiger partial charge in [0.1, 0.15) is 6.61 Å². The van der Waals surface area contributed by atoms with Crippen LogP contribution in [0.3, 0.4) is 0 Å². The maximum atomic E-state index is 12.1. The van der Waals surface area contributed by atoms with Gasteiger partial charge < -0.3 is 15.0 Å². The summed E-state index contributed by atoms with van der Waals surface area (Å²) in [6.07, 6.45) is 1.65. The second-order valence-electron chi connectivity index (χ2n) is 6.24. The Kier molecular flexibility index (Phi) is 5.49. The molecule has 1 heterocycles. The second-order valence-corrected chi connectivity index (χ2v) is 6.24. The van der Waals surface area contributed by atoms with Crippen LogP contribution in [0.4, 0.5) is 4.79 Å². The Morgan fingerprint density at radius 2 is 1.96 bits per heavy atom. The van der Waals surface area contributed by atoms with Crippen molar-refractivity contribution in [2.75, 3.05) is 20.1 Å². The molecule has 0 saturated heterocycles. The van der Waals surface area contributed by atoms with Gasteiger partial charge in [0.2, 0.25) is 0 Å². The van der Waals surface area contributed by atoms with Crippen LogP contribution < -0.4 is 5.32 Å². The molecule has 0 spiro atoms. The molecule has 0 bridgehead atoms. The highest BCUT2D eigenvalue weighted by atomic mass is 16.6. The molecule has 24 heavy (non-hydrogen) atoms. The fourth-order valence-corrected chi connectivity index (χ4v) is 2.90. The van der Waals surface area contributed by atoms with Gasteiger partial charge >= 0.3 is 6.09 Å². The highest BCUT2D eigenvalue weighted by Crippen LogP contribution is 2.16. The molecule has 126 valence electrons. The predicted octanol–water partition coefficient (Wildman–Crippen LogP) is 3.14. The van der Waals surface area contributed by atoms with E-state index < -0.39 is 0 Å². The molecule has 0 atom stereocenters. The Hall–Kier alpha value is -2.33. The normalized spacial score (nSPS) is 13.2. The number of likely N-dealkylation sites (N-methyl/N-ethyl adjacent to an activating group) is 1. The van der Waals surface area contributed by atoms with Crippen molar-refractivity contribution >= 4 is 6.09 Å². The minimum Gasteiger partial charge on any atom is -0.445 e. The minimum absolute atomic E-state index is 0.277. The standard InChI is InChI=1S/C20H24N2O2/c1-22(20(23)24-15-17-5-3-2-4-6-17)12-10-16-7-8-19-14-21-11-9-18(19)13-16/h2-8,13,21H,9-12,14-15H2,1H3. The van der Waals surface area contributed by atoms with Crippen LogP contribution in [-0.4, -0.2) is 31.1 Å². The summed E-state index contributed by atoms with van der Waals surface area (Å²) in [5, 5.41) is 3.38. The third-order valence-corrected chi connectivity index (χ3v) is 4.41. The number of amides is 1. The van der Waals surface area contributed by atoms with Gasteiger partial charge in [0.05, 0.1) is 0 Å². The third kappa shape index (κ3) is 4.36. The molecule has 0 fully saturated rings. The summed E-state index contributed by atoms with van der Waals surface area (Å²) in [5.74, 6) is 0. The lowest BCUT2D eigenvalue weighted by Gasteiger charge is -2.19. The maximum absolute atomic E-state index is 12.1. The van der Waals surface area contributed by atoms with Crippen molar-refractivity contribution in [2.45, 2.75) is 26.0 Å². The number of ether oxygens (including phenoxy) is 1. The summed E-state index contributed by atoms with van der Waals surface area (Å²) in [4.78, 5) is 13.7. The Labute approximate surface area is 143 Å². The van der Waals surface area contributed by atoms with Gasteiger partial charge in [-0.1, -0.05) is 48.5 Å². The minimum atomic E-state index is -0.277. The topological polar surface area (TPSA) is 41.6 Å². The number of fused-ring (bicyclic) bond motifs is 1. The number of benzene rings is 2. The van der Waals surface area contributed by atoms with E-state index in [0.717, 1.165) is 31.5 Å². The van der Waals surface area contributed by atoms with Gasteiger partial charge in [0, 0.05) is 20.1 Å². The fourth-order valence-electron chi connectivity index (χ4n) is 2.90. The maximum Gasteiger partial charge on any atom is 0.409 e. The van der Waals surface area contributed by atoms with Gasteiger partial charge in [0.25, 0.3) is 0 Å². The average molecular weight is 324 g/mol. The zero-order valence-electron chi connectivity index (χ0n) is 14.1. The van der Waals surface area contributed by atoms with Gasteiger partial charge in [-0.2, -0.15) is 0 Å². The lowest BCUT2D eigenvalue weighted by atomic mass is 9.97. The van der Waals surface area contributed by atoms with Crippen molar-refractivity contribution in [1.29, 1.82) is 0 Å². The first-order valence-corrected chi connectivity index (χ1v) is 8.45. The lowest BCUT2D eigenvalue weighted by molar-refractivity contribution is 0.105. The molecule has 0 aliphatic carbocycles. The van der Waals surface area contributed by atoms with Crippen LogP contribution >= 0.6 is 0 Å². The molecule has 1 N–H and O–H groups in total. The molecule has 1 amide bonds. The SMILES string of the molecule is CN(CCc1ccc2c(c1)CCNC2)C(=O)OCc1ccccc1. The molecule has 0 aromatic heterocycles. The molecule has 4 heteroatoms. The first kappa shape index (κ1) is 16.5. The van der Waals surface area contributed by atoms with E-state index in [2.05, 4.69) is 23.5 Å². The molecule has 0 radical (unpaired) electrons. The van der Waals surface area contributed by atoms with E-state index in [9.17, 15) is 4.79 Å². The van der Waals surface area contributed by atoms with E-state index in [0.29, 0.717) is 13.2 Å². The van der Waals surface area contributed by atoms with Crippen LogP contribution in [0.15, 0.2) is 48.5 Å². The Morgan fingerprint density at radius 1 is 1.12 bits per heavy atom. The summed E-state index contributed by atoms with van der Waals surface area (Å²) in [6, 6.07) is 16.4. The Bertz CT molecular complexity index is 685. The monoisotopic (exact) mass is 324 g/mol. The lowest BCUT2D eigenvalue weighted by Crippen LogP contribution is -2.29. The summed E-state index contributed by atoms with van der Waals surface area (Å²) < 4.78 is 5.35. The smallest absolute Gasteiger partial charge is 0.409 e. The first-order valence-electron chi connectivity index (χ1n) is 8.45. The third-order valence-electron chi connectivity index (χ3n) is 4.41. The number of carbonyl (C=O) groups is 1. The van der Waals surface area contributed by atoms with Gasteiger partial charge in [-0.3, -0.25) is 0 Å². The van der Waals surface area contributed by atoms with Crippen molar-refractivity contribution in [3.05, 3.63) is 70.8 Å². The molecular weight excluding hydrogens is 300 g/mol. The van der Waals surface area contributed by atoms with Gasteiger partial charge in [-0.05, 0) is 41.6 Å². The van der Waals surface area contributed by atoms with E-state index in [1.165, 1.54) is 16.7 Å². The summed E-state index contributed by atoms with van der Waals surface area (Å²) in [5.41, 5.74) is 5.10. The molecule has 1 aliphatic heterocycles.